The molecule has 0 atom stereocenters. The first kappa shape index (κ1) is 74.1. The van der Waals surface area contributed by atoms with Crippen molar-refractivity contribution in [2.24, 2.45) is 0 Å². The molecule has 0 aliphatic heterocycles. The number of aryl methyl sites for hydroxylation is 16. The zero-order valence-electron chi connectivity index (χ0n) is 67.7. The Morgan fingerprint density at radius 2 is 0.284 bits per heavy atom. The number of rotatable bonds is 20. The molecule has 556 valence electrons. The van der Waals surface area contributed by atoms with E-state index in [-0.39, 0.29) is 0 Å². The van der Waals surface area contributed by atoms with Crippen LogP contribution in [0, 0.1) is 111 Å². The highest BCUT2D eigenvalue weighted by Gasteiger charge is 2.53. The summed E-state index contributed by atoms with van der Waals surface area (Å²) in [4.78, 5) is 9.68. The van der Waals surface area contributed by atoms with Gasteiger partial charge in [0.05, 0.1) is 62.3 Å². The summed E-state index contributed by atoms with van der Waals surface area (Å²) in [6.07, 6.45) is 0. The topological polar surface area (TPSA) is 86.8 Å². The fraction of sp³-hybridized carbons (Fsp3) is 0.258. The second-order valence-corrected chi connectivity index (χ2v) is 29.9. The molecule has 1 spiro atoms. The molecule has 0 fully saturated rings. The highest BCUT2D eigenvalue weighted by atomic mass is 16.5. The molecule has 14 rings (SSSR count). The lowest BCUT2D eigenvalue weighted by atomic mass is 9.70. The van der Waals surface area contributed by atoms with E-state index in [0.717, 1.165) is 248 Å². The predicted octanol–water partition coefficient (Wildman–Crippen LogP) is 24.9. The highest BCUT2D eigenvalue weighted by molar-refractivity contribution is 6.00. The Hall–Kier alpha value is -11.8. The minimum absolute atomic E-state index is 0.854. The standard InChI is InChI=1S/C97H100N4O8/c1-53-33-73(34-54(2)89(53)102-17)98(74-35-55(3)90(103-18)56(4)36-74)69-25-29-81-82-30-26-70(99(75-37-57(5)91(104-19)58(6)38-75)76-39-59(7)92(105-20)60(8)40-76)50-86(82)97(85(81)49-69)87-51-71(100(77-41-61(9)93(106-21)62(10)42-77)78-43-63(11)94(107-22)64(12)44-78)27-31-83(87)84-32-28-72(52-88(84)97)101(79-45-65(13)95(108-23)66(14)46-79)80-47-67(15)96(109-24)68(16)48-80/h25-52H,1-24H3. The van der Waals surface area contributed by atoms with Gasteiger partial charge in [0.25, 0.3) is 0 Å². The van der Waals surface area contributed by atoms with Gasteiger partial charge in [-0.2, -0.15) is 0 Å². The molecule has 0 bridgehead atoms. The van der Waals surface area contributed by atoms with Gasteiger partial charge >= 0.3 is 0 Å². The molecule has 109 heavy (non-hydrogen) atoms. The Morgan fingerprint density at radius 3 is 0.394 bits per heavy atom. The van der Waals surface area contributed by atoms with E-state index in [2.05, 4.69) is 300 Å². The van der Waals surface area contributed by atoms with E-state index in [9.17, 15) is 0 Å². The minimum atomic E-state index is -1.08. The molecule has 0 heterocycles. The maximum absolute atomic E-state index is 6.12. The first-order chi connectivity index (χ1) is 52.2. The minimum Gasteiger partial charge on any atom is -0.496 e. The van der Waals surface area contributed by atoms with E-state index in [1.165, 1.54) is 0 Å². The van der Waals surface area contributed by atoms with Gasteiger partial charge in [0.1, 0.15) is 46.0 Å². The first-order valence-corrected chi connectivity index (χ1v) is 37.3. The molecule has 0 amide bonds. The summed E-state index contributed by atoms with van der Waals surface area (Å²) in [7, 11) is 14.0. The molecule has 0 saturated heterocycles. The molecule has 0 radical (unpaired) electrons. The average Bonchev–Trinajstić information content (AvgIpc) is 1.50. The van der Waals surface area contributed by atoms with Gasteiger partial charge in [0.15, 0.2) is 0 Å². The van der Waals surface area contributed by atoms with Crippen molar-refractivity contribution < 1.29 is 37.9 Å². The summed E-state index contributed by atoms with van der Waals surface area (Å²) < 4.78 is 48.9. The summed E-state index contributed by atoms with van der Waals surface area (Å²) >= 11 is 0. The van der Waals surface area contributed by atoms with Crippen molar-refractivity contribution in [1.29, 1.82) is 0 Å². The van der Waals surface area contributed by atoms with Gasteiger partial charge in [-0.05, 0) is 390 Å². The second kappa shape index (κ2) is 28.8. The number of hydrogen-bond acceptors (Lipinski definition) is 12. The lowest BCUT2D eigenvalue weighted by Crippen LogP contribution is -2.27. The maximum atomic E-state index is 6.12. The number of ether oxygens (including phenoxy) is 8. The molecule has 12 aromatic carbocycles. The summed E-state index contributed by atoms with van der Waals surface area (Å²) in [5, 5.41) is 0. The van der Waals surface area contributed by atoms with Crippen molar-refractivity contribution in [3.8, 4) is 68.2 Å². The molecule has 12 nitrogen and oxygen atoms in total. The van der Waals surface area contributed by atoms with Gasteiger partial charge in [-0.15, -0.1) is 0 Å². The Morgan fingerprint density at radius 1 is 0.165 bits per heavy atom. The molecule has 0 aromatic heterocycles. The number of methoxy groups -OCH3 is 8. The Labute approximate surface area is 644 Å². The normalized spacial score (nSPS) is 12.1. The predicted molar refractivity (Wildman–Crippen MR) is 450 cm³/mol. The number of nitrogens with zero attached hydrogens (tertiary/aromatic N) is 4. The zero-order chi connectivity index (χ0) is 77.7. The molecule has 0 unspecified atom stereocenters. The van der Waals surface area contributed by atoms with Crippen molar-refractivity contribution in [3.63, 3.8) is 0 Å². The first-order valence-electron chi connectivity index (χ1n) is 37.3. The van der Waals surface area contributed by atoms with E-state index in [1.54, 1.807) is 56.9 Å². The highest BCUT2D eigenvalue weighted by Crippen LogP contribution is 2.66. The van der Waals surface area contributed by atoms with Crippen LogP contribution in [0.4, 0.5) is 68.2 Å². The summed E-state index contributed by atoms with van der Waals surface area (Å²) in [5.41, 5.74) is 36.1. The van der Waals surface area contributed by atoms with Gasteiger partial charge in [-0.1, -0.05) is 24.3 Å². The van der Waals surface area contributed by atoms with Crippen molar-refractivity contribution >= 4 is 68.2 Å². The lowest BCUT2D eigenvalue weighted by Gasteiger charge is -2.35. The molecule has 0 N–H and O–H groups in total. The number of hydrogen-bond donors (Lipinski definition) is 0. The van der Waals surface area contributed by atoms with Crippen LogP contribution < -0.4 is 57.5 Å². The van der Waals surface area contributed by atoms with E-state index >= 15 is 0 Å². The van der Waals surface area contributed by atoms with Gasteiger partial charge in [0.2, 0.25) is 0 Å². The molecule has 2 aliphatic carbocycles. The summed E-state index contributed by atoms with van der Waals surface area (Å²) in [5.74, 6) is 6.83. The van der Waals surface area contributed by atoms with Crippen LogP contribution in [0.25, 0.3) is 22.3 Å². The van der Waals surface area contributed by atoms with Crippen LogP contribution in [0.5, 0.6) is 46.0 Å². The van der Waals surface area contributed by atoms with E-state index < -0.39 is 5.41 Å². The van der Waals surface area contributed by atoms with Crippen LogP contribution >= 0.6 is 0 Å². The van der Waals surface area contributed by atoms with Crippen LogP contribution in [-0.2, 0) is 5.41 Å². The third-order valence-electron chi connectivity index (χ3n) is 22.5. The molecule has 2 aliphatic rings. The van der Waals surface area contributed by atoms with Gasteiger partial charge in [-0.25, -0.2) is 0 Å². The quantitative estimate of drug-likeness (QED) is 0.0728. The second-order valence-electron chi connectivity index (χ2n) is 29.9. The van der Waals surface area contributed by atoms with Crippen LogP contribution in [0.1, 0.15) is 111 Å². The van der Waals surface area contributed by atoms with Crippen molar-refractivity contribution in [2.45, 2.75) is 116 Å². The fourth-order valence-corrected chi connectivity index (χ4v) is 18.6. The molecule has 12 heteroatoms. The number of anilines is 12. The number of fused-ring (bicyclic) bond motifs is 10. The Kier molecular flexibility index (Phi) is 19.6. The number of benzene rings is 12. The van der Waals surface area contributed by atoms with Crippen LogP contribution in [0.3, 0.4) is 0 Å². The fourth-order valence-electron chi connectivity index (χ4n) is 18.6. The van der Waals surface area contributed by atoms with Crippen molar-refractivity contribution in [1.82, 2.24) is 0 Å². The third kappa shape index (κ3) is 12.2. The van der Waals surface area contributed by atoms with Crippen LogP contribution in [0.2, 0.25) is 0 Å². The van der Waals surface area contributed by atoms with Crippen LogP contribution in [0.15, 0.2) is 170 Å². The molecule has 0 saturated carbocycles. The Balaban J connectivity index is 1.17. The van der Waals surface area contributed by atoms with Crippen molar-refractivity contribution in [3.05, 3.63) is 281 Å². The van der Waals surface area contributed by atoms with E-state index in [0.29, 0.717) is 0 Å². The maximum Gasteiger partial charge on any atom is 0.124 e. The van der Waals surface area contributed by atoms with Gasteiger partial charge in [-0.3, -0.25) is 0 Å². The Bertz CT molecular complexity index is 4570. The summed E-state index contributed by atoms with van der Waals surface area (Å²) in [6.45, 7) is 34.2. The largest absolute Gasteiger partial charge is 0.496 e. The monoisotopic (exact) mass is 1450 g/mol. The molecular formula is C97H100N4O8. The van der Waals surface area contributed by atoms with E-state index in [4.69, 9.17) is 37.9 Å². The van der Waals surface area contributed by atoms with Gasteiger partial charge in [0, 0.05) is 68.2 Å². The van der Waals surface area contributed by atoms with Gasteiger partial charge < -0.3 is 57.5 Å². The molecule has 12 aromatic rings. The van der Waals surface area contributed by atoms with E-state index in [1.807, 2.05) is 0 Å². The lowest BCUT2D eigenvalue weighted by molar-refractivity contribution is 0.408. The van der Waals surface area contributed by atoms with Crippen molar-refractivity contribution in [2.75, 3.05) is 76.5 Å². The van der Waals surface area contributed by atoms with Crippen LogP contribution in [-0.4, -0.2) is 56.9 Å². The third-order valence-corrected chi connectivity index (χ3v) is 22.5. The SMILES string of the molecule is COc1c(C)cc(N(c2cc(C)c(OC)c(C)c2)c2ccc3c(c2)C2(c4cc(N(c5cc(C)c(OC)c(C)c5)c5cc(C)c(OC)c(C)c5)ccc4-3)c3cc(N(c4cc(C)c(OC)c(C)c4)c4cc(C)c(OC)c(C)c4)ccc3-c3ccc(N(c4cc(C)c(OC)c(C)c4)c4cc(C)c(OC)c(C)c4)cc32)cc1C. The smallest absolute Gasteiger partial charge is 0.124 e. The zero-order valence-corrected chi connectivity index (χ0v) is 67.7. The molecular weight excluding hydrogens is 1350 g/mol. The average molecular weight is 1450 g/mol. The summed E-state index contributed by atoms with van der Waals surface area (Å²) in [6, 6.07) is 64.8.